The monoisotopic (exact) mass is 319 g/mol. The molecule has 0 bridgehead atoms. The van der Waals surface area contributed by atoms with Crippen LogP contribution < -0.4 is 5.32 Å². The number of aryl methyl sites for hydroxylation is 1. The zero-order chi connectivity index (χ0) is 13.1. The van der Waals surface area contributed by atoms with Crippen LogP contribution in [-0.2, 0) is 0 Å². The van der Waals surface area contributed by atoms with Gasteiger partial charge in [-0.1, -0.05) is 30.1 Å². The molecular formula is C13H15Cl2NS2. The zero-order valence-electron chi connectivity index (χ0n) is 10.3. The molecule has 1 N–H and O–H groups in total. The van der Waals surface area contributed by atoms with Gasteiger partial charge in [0.1, 0.15) is 0 Å². The van der Waals surface area contributed by atoms with E-state index in [4.69, 9.17) is 23.2 Å². The van der Waals surface area contributed by atoms with Crippen LogP contribution >= 0.6 is 45.9 Å². The second kappa shape index (κ2) is 6.40. The number of halogens is 2. The lowest BCUT2D eigenvalue weighted by molar-refractivity contribution is 0.607. The van der Waals surface area contributed by atoms with Crippen LogP contribution in [0.2, 0.25) is 8.67 Å². The third-order valence-electron chi connectivity index (χ3n) is 2.64. The summed E-state index contributed by atoms with van der Waals surface area (Å²) in [6, 6.07) is 6.43. The molecule has 1 atom stereocenters. The van der Waals surface area contributed by atoms with Crippen molar-refractivity contribution in [3.63, 3.8) is 0 Å². The molecule has 2 aromatic rings. The SMILES string of the molecule is CCCNC(c1ccc(C)s1)c1cc(Cl)sc1Cl. The van der Waals surface area contributed by atoms with E-state index in [2.05, 4.69) is 31.3 Å². The van der Waals surface area contributed by atoms with E-state index in [1.807, 2.05) is 6.07 Å². The first-order chi connectivity index (χ1) is 8.61. The van der Waals surface area contributed by atoms with E-state index < -0.39 is 0 Å². The predicted octanol–water partition coefficient (Wildman–Crippen LogP) is 5.51. The minimum absolute atomic E-state index is 0.153. The van der Waals surface area contributed by atoms with Gasteiger partial charge >= 0.3 is 0 Å². The van der Waals surface area contributed by atoms with Gasteiger partial charge in [-0.3, -0.25) is 0 Å². The molecule has 18 heavy (non-hydrogen) atoms. The van der Waals surface area contributed by atoms with E-state index in [-0.39, 0.29) is 6.04 Å². The first kappa shape index (κ1) is 14.4. The summed E-state index contributed by atoms with van der Waals surface area (Å²) in [6.07, 6.45) is 1.09. The number of rotatable bonds is 5. The molecular weight excluding hydrogens is 305 g/mol. The van der Waals surface area contributed by atoms with Gasteiger partial charge in [0.15, 0.2) is 0 Å². The molecule has 0 aliphatic rings. The summed E-state index contributed by atoms with van der Waals surface area (Å²) in [5.41, 5.74) is 1.09. The Morgan fingerprint density at radius 3 is 2.56 bits per heavy atom. The van der Waals surface area contributed by atoms with Crippen molar-refractivity contribution in [3.05, 3.63) is 42.2 Å². The summed E-state index contributed by atoms with van der Waals surface area (Å²) in [5, 5.41) is 3.54. The number of hydrogen-bond donors (Lipinski definition) is 1. The van der Waals surface area contributed by atoms with E-state index in [0.29, 0.717) is 0 Å². The number of hydrogen-bond acceptors (Lipinski definition) is 3. The molecule has 98 valence electrons. The Bertz CT molecular complexity index is 519. The molecule has 0 radical (unpaired) electrons. The Morgan fingerprint density at radius 1 is 1.28 bits per heavy atom. The molecule has 0 saturated carbocycles. The Hall–Kier alpha value is -0.0600. The fourth-order valence-electron chi connectivity index (χ4n) is 1.81. The molecule has 2 heterocycles. The Kier molecular flexibility index (Phi) is 5.10. The van der Waals surface area contributed by atoms with Crippen LogP contribution in [0.1, 0.15) is 34.7 Å². The van der Waals surface area contributed by atoms with Crippen LogP contribution in [0.15, 0.2) is 18.2 Å². The summed E-state index contributed by atoms with van der Waals surface area (Å²) < 4.78 is 1.52. The summed E-state index contributed by atoms with van der Waals surface area (Å²) in [5.74, 6) is 0. The smallest absolute Gasteiger partial charge is 0.0995 e. The van der Waals surface area contributed by atoms with Crippen LogP contribution in [0.5, 0.6) is 0 Å². The Labute approximate surface area is 126 Å². The lowest BCUT2D eigenvalue weighted by Gasteiger charge is -2.16. The first-order valence-electron chi connectivity index (χ1n) is 5.86. The number of thiophene rings is 2. The molecule has 1 unspecified atom stereocenters. The minimum Gasteiger partial charge on any atom is -0.306 e. The highest BCUT2D eigenvalue weighted by Gasteiger charge is 2.20. The standard InChI is InChI=1S/C13H15Cl2NS2/c1-3-6-16-12(10-5-4-8(2)17-10)9-7-11(14)18-13(9)15/h4-5,7,12,16H,3,6H2,1-2H3. The average molecular weight is 320 g/mol. The van der Waals surface area contributed by atoms with Crippen molar-refractivity contribution >= 4 is 45.9 Å². The van der Waals surface area contributed by atoms with Crippen LogP contribution in [-0.4, -0.2) is 6.54 Å². The normalized spacial score (nSPS) is 12.9. The largest absolute Gasteiger partial charge is 0.306 e. The second-order valence-electron chi connectivity index (χ2n) is 4.12. The maximum absolute atomic E-state index is 6.27. The third kappa shape index (κ3) is 3.28. The van der Waals surface area contributed by atoms with Gasteiger partial charge in [-0.2, -0.15) is 0 Å². The quantitative estimate of drug-likeness (QED) is 0.765. The van der Waals surface area contributed by atoms with Crippen LogP contribution in [0.25, 0.3) is 0 Å². The Morgan fingerprint density at radius 2 is 2.06 bits per heavy atom. The fraction of sp³-hybridized carbons (Fsp3) is 0.385. The molecule has 5 heteroatoms. The highest BCUT2D eigenvalue weighted by molar-refractivity contribution is 7.20. The molecule has 0 fully saturated rings. The molecule has 0 saturated heterocycles. The van der Waals surface area contributed by atoms with Gasteiger partial charge in [0.05, 0.1) is 14.7 Å². The molecule has 1 nitrogen and oxygen atoms in total. The molecule has 0 aliphatic carbocycles. The highest BCUT2D eigenvalue weighted by atomic mass is 35.5. The van der Waals surface area contributed by atoms with Gasteiger partial charge in [-0.15, -0.1) is 22.7 Å². The minimum atomic E-state index is 0.153. The van der Waals surface area contributed by atoms with Gasteiger partial charge in [0.25, 0.3) is 0 Å². The van der Waals surface area contributed by atoms with E-state index in [0.717, 1.165) is 27.2 Å². The maximum Gasteiger partial charge on any atom is 0.0995 e. The van der Waals surface area contributed by atoms with Crippen molar-refractivity contribution in [3.8, 4) is 0 Å². The molecule has 0 aromatic carbocycles. The lowest BCUT2D eigenvalue weighted by atomic mass is 10.1. The van der Waals surface area contributed by atoms with E-state index >= 15 is 0 Å². The van der Waals surface area contributed by atoms with Crippen molar-refractivity contribution in [2.75, 3.05) is 6.54 Å². The van der Waals surface area contributed by atoms with Gasteiger partial charge in [-0.25, -0.2) is 0 Å². The van der Waals surface area contributed by atoms with Crippen molar-refractivity contribution in [2.45, 2.75) is 26.3 Å². The highest BCUT2D eigenvalue weighted by Crippen LogP contribution is 2.39. The molecule has 2 aromatic heterocycles. The zero-order valence-corrected chi connectivity index (χ0v) is 13.4. The van der Waals surface area contributed by atoms with Gasteiger partial charge in [0.2, 0.25) is 0 Å². The second-order valence-corrected chi connectivity index (χ2v) is 7.72. The summed E-state index contributed by atoms with van der Waals surface area (Å²) in [6.45, 7) is 5.24. The molecule has 0 amide bonds. The van der Waals surface area contributed by atoms with Crippen LogP contribution in [0, 0.1) is 6.92 Å². The summed E-state index contributed by atoms with van der Waals surface area (Å²) >= 11 is 15.5. The topological polar surface area (TPSA) is 12.0 Å². The lowest BCUT2D eigenvalue weighted by Crippen LogP contribution is -2.22. The van der Waals surface area contributed by atoms with Crippen molar-refractivity contribution in [2.24, 2.45) is 0 Å². The number of nitrogens with one attached hydrogen (secondary N) is 1. The van der Waals surface area contributed by atoms with Crippen LogP contribution in [0.3, 0.4) is 0 Å². The van der Waals surface area contributed by atoms with E-state index in [1.54, 1.807) is 11.3 Å². The van der Waals surface area contributed by atoms with Crippen LogP contribution in [0.4, 0.5) is 0 Å². The van der Waals surface area contributed by atoms with Gasteiger partial charge < -0.3 is 5.32 Å². The summed E-state index contributed by atoms with van der Waals surface area (Å²) in [7, 11) is 0. The van der Waals surface area contributed by atoms with Crippen molar-refractivity contribution < 1.29 is 0 Å². The van der Waals surface area contributed by atoms with Gasteiger partial charge in [-0.05, 0) is 38.1 Å². The predicted molar refractivity (Wildman–Crippen MR) is 83.5 cm³/mol. The third-order valence-corrected chi connectivity index (χ3v) is 5.22. The maximum atomic E-state index is 6.27. The Balaban J connectivity index is 2.33. The molecule has 2 rings (SSSR count). The average Bonchev–Trinajstić information content (AvgIpc) is 2.87. The first-order valence-corrected chi connectivity index (χ1v) is 8.25. The van der Waals surface area contributed by atoms with Crippen molar-refractivity contribution in [1.29, 1.82) is 0 Å². The van der Waals surface area contributed by atoms with Crippen molar-refractivity contribution in [1.82, 2.24) is 5.32 Å². The molecule has 0 aliphatic heterocycles. The molecule has 0 spiro atoms. The van der Waals surface area contributed by atoms with E-state index in [1.165, 1.54) is 21.1 Å². The fourth-order valence-corrected chi connectivity index (χ4v) is 4.32. The summed E-state index contributed by atoms with van der Waals surface area (Å²) in [4.78, 5) is 2.60. The van der Waals surface area contributed by atoms with E-state index in [9.17, 15) is 0 Å². The van der Waals surface area contributed by atoms with Gasteiger partial charge in [0, 0.05) is 15.3 Å².